The summed E-state index contributed by atoms with van der Waals surface area (Å²) in [5.41, 5.74) is 1.75. The number of aromatic carboxylic acids is 1. The molecule has 4 rings (SSSR count). The van der Waals surface area contributed by atoms with Crippen molar-refractivity contribution in [3.8, 4) is 11.5 Å². The monoisotopic (exact) mass is 386 g/mol. The van der Waals surface area contributed by atoms with Crippen LogP contribution in [0, 0.1) is 0 Å². The van der Waals surface area contributed by atoms with Gasteiger partial charge in [-0.25, -0.2) is 9.78 Å². The average Bonchev–Trinajstić information content (AvgIpc) is 3.06. The van der Waals surface area contributed by atoms with Crippen LogP contribution >= 0.6 is 23.2 Å². The highest BCUT2D eigenvalue weighted by atomic mass is 35.5. The van der Waals surface area contributed by atoms with Gasteiger partial charge < -0.3 is 9.52 Å². The molecule has 0 radical (unpaired) electrons. The maximum absolute atomic E-state index is 10.9. The molecule has 0 fully saturated rings. The van der Waals surface area contributed by atoms with E-state index in [0.29, 0.717) is 32.6 Å². The second-order valence-electron chi connectivity index (χ2n) is 5.19. The van der Waals surface area contributed by atoms with E-state index in [4.69, 9.17) is 32.7 Å². The quantitative estimate of drug-likeness (QED) is 0.486. The Labute approximate surface area is 158 Å². The molecule has 1 N–H and O–H groups in total. The summed E-state index contributed by atoms with van der Waals surface area (Å²) in [7, 11) is 0. The number of halogens is 2. The van der Waals surface area contributed by atoms with Gasteiger partial charge in [0.15, 0.2) is 5.58 Å². The zero-order chi connectivity index (χ0) is 18.5. The van der Waals surface area contributed by atoms with Gasteiger partial charge in [0.2, 0.25) is 5.89 Å². The highest BCUT2D eigenvalue weighted by Crippen LogP contribution is 2.29. The Morgan fingerprint density at radius 2 is 1.65 bits per heavy atom. The third kappa shape index (κ3) is 4.39. The van der Waals surface area contributed by atoms with Crippen molar-refractivity contribution < 1.29 is 14.3 Å². The van der Waals surface area contributed by atoms with Crippen LogP contribution in [-0.2, 0) is 0 Å². The Morgan fingerprint density at radius 1 is 0.962 bits per heavy atom. The molecule has 7 heteroatoms. The van der Waals surface area contributed by atoms with Crippen LogP contribution in [0.3, 0.4) is 0 Å². The zero-order valence-electron chi connectivity index (χ0n) is 13.3. The Bertz CT molecular complexity index is 1000. The number of aromatic nitrogens is 2. The summed E-state index contributed by atoms with van der Waals surface area (Å²) in [6.45, 7) is 0. The largest absolute Gasteiger partial charge is 0.478 e. The van der Waals surface area contributed by atoms with Crippen molar-refractivity contribution >= 4 is 40.3 Å². The predicted molar refractivity (Wildman–Crippen MR) is 101 cm³/mol. The minimum absolute atomic E-state index is 0.143. The topological polar surface area (TPSA) is 76.2 Å². The van der Waals surface area contributed by atoms with E-state index >= 15 is 0 Å². The zero-order valence-corrected chi connectivity index (χ0v) is 14.8. The van der Waals surface area contributed by atoms with Crippen molar-refractivity contribution in [1.29, 1.82) is 0 Å². The predicted octanol–water partition coefficient (Wildman–Crippen LogP) is 5.58. The highest BCUT2D eigenvalue weighted by molar-refractivity contribution is 6.35. The van der Waals surface area contributed by atoms with E-state index in [1.54, 1.807) is 36.7 Å². The molecule has 0 unspecified atom stereocenters. The van der Waals surface area contributed by atoms with Crippen LogP contribution < -0.4 is 0 Å². The Hall–Kier alpha value is -2.89. The van der Waals surface area contributed by atoms with Gasteiger partial charge in [0.1, 0.15) is 5.52 Å². The number of rotatable bonds is 2. The highest BCUT2D eigenvalue weighted by Gasteiger charge is 2.12. The minimum Gasteiger partial charge on any atom is -0.478 e. The van der Waals surface area contributed by atoms with Crippen molar-refractivity contribution in [1.82, 2.24) is 9.97 Å². The van der Waals surface area contributed by atoms with E-state index in [-0.39, 0.29) is 5.56 Å². The summed E-state index contributed by atoms with van der Waals surface area (Å²) >= 11 is 11.9. The first-order chi connectivity index (χ1) is 12.5. The van der Waals surface area contributed by atoms with E-state index in [1.807, 2.05) is 18.2 Å². The van der Waals surface area contributed by atoms with Gasteiger partial charge in [0.25, 0.3) is 0 Å². The molecule has 26 heavy (non-hydrogen) atoms. The van der Waals surface area contributed by atoms with E-state index < -0.39 is 5.97 Å². The number of pyridine rings is 1. The molecule has 0 saturated carbocycles. The van der Waals surface area contributed by atoms with Gasteiger partial charge in [0, 0.05) is 28.0 Å². The lowest BCUT2D eigenvalue weighted by Crippen LogP contribution is -1.94. The van der Waals surface area contributed by atoms with Gasteiger partial charge in [-0.2, -0.15) is 0 Å². The van der Waals surface area contributed by atoms with Crippen LogP contribution in [0.25, 0.3) is 22.6 Å². The van der Waals surface area contributed by atoms with Crippen LogP contribution in [0.4, 0.5) is 0 Å². The van der Waals surface area contributed by atoms with Gasteiger partial charge in [0.05, 0.1) is 5.56 Å². The molecule has 4 aromatic rings. The van der Waals surface area contributed by atoms with Crippen molar-refractivity contribution in [3.63, 3.8) is 0 Å². The second-order valence-corrected chi connectivity index (χ2v) is 6.06. The number of benzene rings is 2. The molecule has 0 spiro atoms. The summed E-state index contributed by atoms with van der Waals surface area (Å²) in [6, 6.07) is 15.2. The first kappa shape index (κ1) is 17.9. The average molecular weight is 387 g/mol. The SMILES string of the molecule is O=C(O)c1ccc2nc(-c3cc(Cl)cc(Cl)c3)oc2c1.c1ccncc1. The minimum atomic E-state index is -1.02. The van der Waals surface area contributed by atoms with E-state index in [1.165, 1.54) is 12.1 Å². The molecule has 2 aromatic heterocycles. The Morgan fingerprint density at radius 3 is 2.19 bits per heavy atom. The molecule has 0 saturated heterocycles. The lowest BCUT2D eigenvalue weighted by molar-refractivity contribution is 0.0697. The van der Waals surface area contributed by atoms with Crippen LogP contribution in [0.2, 0.25) is 10.0 Å². The molecule has 0 atom stereocenters. The summed E-state index contributed by atoms with van der Waals surface area (Å²) in [6.07, 6.45) is 3.50. The number of nitrogens with zero attached hydrogens (tertiary/aromatic N) is 2. The maximum atomic E-state index is 10.9. The van der Waals surface area contributed by atoms with Crippen molar-refractivity contribution in [2.24, 2.45) is 0 Å². The van der Waals surface area contributed by atoms with Crippen molar-refractivity contribution in [3.05, 3.63) is 82.6 Å². The van der Waals surface area contributed by atoms with Gasteiger partial charge in [-0.05, 0) is 48.5 Å². The third-order valence-corrected chi connectivity index (χ3v) is 3.75. The van der Waals surface area contributed by atoms with Crippen LogP contribution in [0.5, 0.6) is 0 Å². The number of fused-ring (bicyclic) bond motifs is 1. The van der Waals surface area contributed by atoms with Crippen molar-refractivity contribution in [2.45, 2.75) is 0 Å². The molecule has 0 aliphatic carbocycles. The van der Waals surface area contributed by atoms with Crippen LogP contribution in [0.15, 0.2) is 71.4 Å². The van der Waals surface area contributed by atoms with E-state index in [0.717, 1.165) is 0 Å². The molecular formula is C19H12Cl2N2O3. The number of oxazole rings is 1. The van der Waals surface area contributed by atoms with E-state index in [9.17, 15) is 4.79 Å². The number of carbonyl (C=O) groups is 1. The molecule has 5 nitrogen and oxygen atoms in total. The molecule has 0 bridgehead atoms. The second kappa shape index (κ2) is 7.99. The first-order valence-corrected chi connectivity index (χ1v) is 8.24. The van der Waals surface area contributed by atoms with Gasteiger partial charge >= 0.3 is 5.97 Å². The lowest BCUT2D eigenvalue weighted by Gasteiger charge is -1.97. The van der Waals surface area contributed by atoms with Gasteiger partial charge in [-0.1, -0.05) is 29.3 Å². The van der Waals surface area contributed by atoms with Crippen molar-refractivity contribution in [2.75, 3.05) is 0 Å². The summed E-state index contributed by atoms with van der Waals surface area (Å²) in [5.74, 6) is -0.678. The molecule has 2 heterocycles. The number of carboxylic acid groups (broad SMARTS) is 1. The van der Waals surface area contributed by atoms with Crippen LogP contribution in [0.1, 0.15) is 10.4 Å². The lowest BCUT2D eigenvalue weighted by atomic mass is 10.2. The summed E-state index contributed by atoms with van der Waals surface area (Å²) < 4.78 is 5.56. The van der Waals surface area contributed by atoms with Crippen LogP contribution in [-0.4, -0.2) is 21.0 Å². The Balaban J connectivity index is 0.000000278. The molecule has 0 aliphatic rings. The fourth-order valence-electron chi connectivity index (χ4n) is 2.17. The normalized spacial score (nSPS) is 10.2. The summed E-state index contributed by atoms with van der Waals surface area (Å²) in [5, 5.41) is 9.89. The molecule has 130 valence electrons. The third-order valence-electron chi connectivity index (χ3n) is 3.31. The fraction of sp³-hybridized carbons (Fsp3) is 0. The van der Waals surface area contributed by atoms with E-state index in [2.05, 4.69) is 9.97 Å². The maximum Gasteiger partial charge on any atom is 0.335 e. The molecule has 2 aromatic carbocycles. The number of hydrogen-bond donors (Lipinski definition) is 1. The van der Waals surface area contributed by atoms with Gasteiger partial charge in [-0.15, -0.1) is 0 Å². The Kier molecular flexibility index (Phi) is 5.51. The fourth-order valence-corrected chi connectivity index (χ4v) is 2.70. The molecule has 0 aliphatic heterocycles. The first-order valence-electron chi connectivity index (χ1n) is 7.48. The molecular weight excluding hydrogens is 375 g/mol. The standard InChI is InChI=1S/C14H7Cl2NO3.C5H5N/c15-9-3-8(4-10(16)6-9)13-17-11-2-1-7(14(18)19)5-12(11)20-13;1-2-4-6-5-3-1/h1-6H,(H,18,19);1-5H. The summed E-state index contributed by atoms with van der Waals surface area (Å²) in [4.78, 5) is 19.0. The molecule has 0 amide bonds. The number of hydrogen-bond acceptors (Lipinski definition) is 4. The number of carboxylic acids is 1. The smallest absolute Gasteiger partial charge is 0.335 e. The van der Waals surface area contributed by atoms with Gasteiger partial charge in [-0.3, -0.25) is 4.98 Å².